The van der Waals surface area contributed by atoms with Crippen LogP contribution in [0.25, 0.3) is 0 Å². The fourth-order valence-electron chi connectivity index (χ4n) is 3.61. The monoisotopic (exact) mass is 382 g/mol. The summed E-state index contributed by atoms with van der Waals surface area (Å²) in [4.78, 5) is 30.9. The molecule has 0 N–H and O–H groups in total. The van der Waals surface area contributed by atoms with Gasteiger partial charge in [-0.05, 0) is 19.3 Å². The van der Waals surface area contributed by atoms with E-state index in [0.29, 0.717) is 16.8 Å². The predicted molar refractivity (Wildman–Crippen MR) is 102 cm³/mol. The van der Waals surface area contributed by atoms with E-state index in [-0.39, 0.29) is 22.8 Å². The minimum absolute atomic E-state index is 0.0912. The Morgan fingerprint density at radius 3 is 2.76 bits per heavy atom. The number of hydrogen-bond acceptors (Lipinski definition) is 6. The molecule has 1 aromatic heterocycles. The molecule has 0 amide bonds. The summed E-state index contributed by atoms with van der Waals surface area (Å²) in [5.41, 5.74) is 0.991. The number of rotatable bonds is 5. The van der Waals surface area contributed by atoms with Crippen molar-refractivity contribution < 1.29 is 9.53 Å². The van der Waals surface area contributed by atoms with Crippen LogP contribution < -0.4 is 5.56 Å². The maximum absolute atomic E-state index is 13.2. The Bertz CT molecular complexity index is 698. The van der Waals surface area contributed by atoms with Crippen LogP contribution >= 0.6 is 23.5 Å². The van der Waals surface area contributed by atoms with Gasteiger partial charge in [0.05, 0.1) is 17.7 Å². The number of nitrogens with zero attached hydrogens (tertiary/aromatic N) is 2. The van der Waals surface area contributed by atoms with E-state index < -0.39 is 0 Å². The maximum atomic E-state index is 13.2. The van der Waals surface area contributed by atoms with Crippen molar-refractivity contribution in [1.29, 1.82) is 0 Å². The zero-order valence-corrected chi connectivity index (χ0v) is 16.8. The van der Waals surface area contributed by atoms with Gasteiger partial charge in [-0.2, -0.15) is 0 Å². The molecule has 2 atom stereocenters. The van der Waals surface area contributed by atoms with E-state index >= 15 is 0 Å². The van der Waals surface area contributed by atoms with Crippen molar-refractivity contribution in [3.8, 4) is 0 Å². The van der Waals surface area contributed by atoms with Crippen LogP contribution in [0.1, 0.15) is 64.1 Å². The molecule has 1 aromatic rings. The Morgan fingerprint density at radius 1 is 1.40 bits per heavy atom. The first-order valence-corrected chi connectivity index (χ1v) is 10.9. The number of ether oxygens (including phenoxy) is 1. The van der Waals surface area contributed by atoms with Crippen molar-refractivity contribution in [2.75, 3.05) is 7.11 Å². The van der Waals surface area contributed by atoms with Crippen molar-refractivity contribution >= 4 is 29.5 Å². The highest BCUT2D eigenvalue weighted by Crippen LogP contribution is 2.38. The summed E-state index contributed by atoms with van der Waals surface area (Å²) in [5.74, 6) is -0.250. The number of carbonyl (C=O) groups is 1. The van der Waals surface area contributed by atoms with Crippen LogP contribution in [0.4, 0.5) is 0 Å². The fraction of sp³-hybridized carbons (Fsp3) is 0.722. The third kappa shape index (κ3) is 3.92. The molecule has 0 spiro atoms. The van der Waals surface area contributed by atoms with E-state index in [4.69, 9.17) is 9.72 Å². The Morgan fingerprint density at radius 2 is 2.12 bits per heavy atom. The molecule has 2 heterocycles. The van der Waals surface area contributed by atoms with Crippen molar-refractivity contribution in [1.82, 2.24) is 9.55 Å². The van der Waals surface area contributed by atoms with Gasteiger partial charge >= 0.3 is 5.97 Å². The van der Waals surface area contributed by atoms with Crippen molar-refractivity contribution in [3.05, 3.63) is 16.0 Å². The van der Waals surface area contributed by atoms with Gasteiger partial charge in [0.1, 0.15) is 5.25 Å². The molecule has 1 fully saturated rings. The lowest BCUT2D eigenvalue weighted by molar-refractivity contribution is -0.140. The summed E-state index contributed by atoms with van der Waals surface area (Å²) in [6.07, 6.45) is 7.04. The standard InChI is InChI=1S/C18H26N2O3S2/c1-4-14(17(22)23-3)25-18-19-13-10-11(2)24-15(13)16(21)20(18)12-8-6-5-7-9-12/h11-12,14H,4-10H2,1-3H3. The second kappa shape index (κ2) is 8.16. The molecular formula is C18H26N2O3S2. The summed E-state index contributed by atoms with van der Waals surface area (Å²) in [6, 6.07) is 0.202. The fourth-order valence-corrected chi connectivity index (χ4v) is 5.84. The SMILES string of the molecule is CCC(Sc1nc2c(c(=O)n1C1CCCCC1)SC(C)C2)C(=O)OC. The van der Waals surface area contributed by atoms with Crippen molar-refractivity contribution in [2.24, 2.45) is 0 Å². The quantitative estimate of drug-likeness (QED) is 0.438. The van der Waals surface area contributed by atoms with Gasteiger partial charge in [-0.3, -0.25) is 14.2 Å². The van der Waals surface area contributed by atoms with Crippen LogP contribution in [0.2, 0.25) is 0 Å². The highest BCUT2D eigenvalue weighted by atomic mass is 32.2. The molecule has 2 unspecified atom stereocenters. The summed E-state index contributed by atoms with van der Waals surface area (Å²) < 4.78 is 6.81. The molecule has 3 rings (SSSR count). The number of fused-ring (bicyclic) bond motifs is 1. The van der Waals surface area contributed by atoms with Gasteiger partial charge in [0, 0.05) is 17.7 Å². The maximum Gasteiger partial charge on any atom is 0.319 e. The molecule has 5 nitrogen and oxygen atoms in total. The first-order valence-electron chi connectivity index (χ1n) is 9.11. The minimum atomic E-state index is -0.323. The number of esters is 1. The number of thioether (sulfide) groups is 2. The zero-order chi connectivity index (χ0) is 18.0. The smallest absolute Gasteiger partial charge is 0.319 e. The van der Waals surface area contributed by atoms with Crippen LogP contribution in [-0.4, -0.2) is 33.1 Å². The number of aromatic nitrogens is 2. The average Bonchev–Trinajstić information content (AvgIpc) is 3.00. The van der Waals surface area contributed by atoms with Gasteiger partial charge in [-0.25, -0.2) is 4.98 Å². The third-order valence-electron chi connectivity index (χ3n) is 4.93. The van der Waals surface area contributed by atoms with Crippen molar-refractivity contribution in [2.45, 2.75) is 85.4 Å². The molecule has 0 aromatic carbocycles. The second-order valence-electron chi connectivity index (χ2n) is 6.81. The van der Waals surface area contributed by atoms with E-state index in [2.05, 4.69) is 6.92 Å². The summed E-state index contributed by atoms with van der Waals surface area (Å²) in [7, 11) is 1.41. The minimum Gasteiger partial charge on any atom is -0.468 e. The molecule has 0 radical (unpaired) electrons. The van der Waals surface area contributed by atoms with Gasteiger partial charge < -0.3 is 4.74 Å². The lowest BCUT2D eigenvalue weighted by atomic mass is 9.95. The van der Waals surface area contributed by atoms with Crippen molar-refractivity contribution in [3.63, 3.8) is 0 Å². The number of hydrogen-bond donors (Lipinski definition) is 0. The Hall–Kier alpha value is -0.950. The van der Waals surface area contributed by atoms with Gasteiger partial charge in [-0.15, -0.1) is 11.8 Å². The van der Waals surface area contributed by atoms with Crippen LogP contribution in [0.3, 0.4) is 0 Å². The topological polar surface area (TPSA) is 61.2 Å². The molecule has 2 aliphatic rings. The van der Waals surface area contributed by atoms with Crippen LogP contribution in [0, 0.1) is 0 Å². The first-order chi connectivity index (χ1) is 12.0. The van der Waals surface area contributed by atoms with E-state index in [0.717, 1.165) is 42.7 Å². The normalized spacial score (nSPS) is 21.8. The molecule has 1 saturated carbocycles. The van der Waals surface area contributed by atoms with E-state index in [1.165, 1.54) is 25.3 Å². The molecule has 0 bridgehead atoms. The zero-order valence-electron chi connectivity index (χ0n) is 15.1. The number of methoxy groups -OCH3 is 1. The molecule has 0 saturated heterocycles. The van der Waals surface area contributed by atoms with Crippen LogP contribution in [0.5, 0.6) is 0 Å². The Labute approximate surface area is 157 Å². The van der Waals surface area contributed by atoms with E-state index in [1.807, 2.05) is 11.5 Å². The third-order valence-corrected chi connectivity index (χ3v) is 7.46. The predicted octanol–water partition coefficient (Wildman–Crippen LogP) is 3.83. The van der Waals surface area contributed by atoms with Gasteiger partial charge in [0.15, 0.2) is 5.16 Å². The van der Waals surface area contributed by atoms with Crippen LogP contribution in [-0.2, 0) is 16.0 Å². The highest BCUT2D eigenvalue weighted by molar-refractivity contribution is 8.00. The molecule has 7 heteroatoms. The Balaban J connectivity index is 2.03. The van der Waals surface area contributed by atoms with Gasteiger partial charge in [0.25, 0.3) is 5.56 Å². The lowest BCUT2D eigenvalue weighted by Crippen LogP contribution is -2.31. The largest absolute Gasteiger partial charge is 0.468 e. The summed E-state index contributed by atoms with van der Waals surface area (Å²) in [6.45, 7) is 4.09. The first kappa shape index (κ1) is 18.8. The highest BCUT2D eigenvalue weighted by Gasteiger charge is 2.31. The molecule has 25 heavy (non-hydrogen) atoms. The van der Waals surface area contributed by atoms with E-state index in [1.54, 1.807) is 11.8 Å². The molecule has 1 aliphatic heterocycles. The molecule has 138 valence electrons. The second-order valence-corrected chi connectivity index (χ2v) is 9.43. The Kier molecular flexibility index (Phi) is 6.15. The van der Waals surface area contributed by atoms with Gasteiger partial charge in [-0.1, -0.05) is 44.9 Å². The summed E-state index contributed by atoms with van der Waals surface area (Å²) >= 11 is 3.03. The van der Waals surface area contributed by atoms with E-state index in [9.17, 15) is 9.59 Å². The lowest BCUT2D eigenvalue weighted by Gasteiger charge is -2.27. The number of carbonyl (C=O) groups excluding carboxylic acids is 1. The average molecular weight is 383 g/mol. The van der Waals surface area contributed by atoms with Crippen LogP contribution in [0.15, 0.2) is 14.8 Å². The molecule has 1 aliphatic carbocycles. The summed E-state index contributed by atoms with van der Waals surface area (Å²) in [5, 5.41) is 0.761. The van der Waals surface area contributed by atoms with Gasteiger partial charge in [0.2, 0.25) is 0 Å². The molecular weight excluding hydrogens is 356 g/mol.